The summed E-state index contributed by atoms with van der Waals surface area (Å²) >= 11 is 0. The second-order valence-electron chi connectivity index (χ2n) is 7.14. The number of ether oxygens (including phenoxy) is 3. The molecule has 5 nitrogen and oxygen atoms in total. The molecule has 0 fully saturated rings. The minimum absolute atomic E-state index is 0.166. The quantitative estimate of drug-likeness (QED) is 0.349. The van der Waals surface area contributed by atoms with Crippen LogP contribution in [0.1, 0.15) is 22.3 Å². The summed E-state index contributed by atoms with van der Waals surface area (Å²) in [7, 11) is 0. The van der Waals surface area contributed by atoms with Gasteiger partial charge < -0.3 is 19.5 Å². The highest BCUT2D eigenvalue weighted by Gasteiger charge is 2.21. The Labute approximate surface area is 175 Å². The van der Waals surface area contributed by atoms with E-state index < -0.39 is 0 Å². The minimum Gasteiger partial charge on any atom is -0.467 e. The van der Waals surface area contributed by atoms with Gasteiger partial charge >= 0.3 is 0 Å². The first-order chi connectivity index (χ1) is 14.6. The molecular weight excluding hydrogens is 378 g/mol. The average molecular weight is 401 g/mol. The maximum atomic E-state index is 12.3. The van der Waals surface area contributed by atoms with E-state index in [1.54, 1.807) is 6.08 Å². The molecule has 0 bridgehead atoms. The van der Waals surface area contributed by atoms with Crippen LogP contribution < -0.4 is 14.8 Å². The zero-order valence-electron chi connectivity index (χ0n) is 17.0. The summed E-state index contributed by atoms with van der Waals surface area (Å²) in [6.07, 6.45) is 1.74. The normalized spacial score (nSPS) is 14.1. The van der Waals surface area contributed by atoms with Gasteiger partial charge in [0.25, 0.3) is 5.91 Å². The van der Waals surface area contributed by atoms with Crippen LogP contribution in [0.25, 0.3) is 6.08 Å². The Morgan fingerprint density at radius 2 is 1.67 bits per heavy atom. The van der Waals surface area contributed by atoms with Crippen LogP contribution in [0.2, 0.25) is 0 Å². The third-order valence-corrected chi connectivity index (χ3v) is 4.76. The second-order valence-corrected chi connectivity index (χ2v) is 7.14. The van der Waals surface area contributed by atoms with Gasteiger partial charge in [-0.2, -0.15) is 0 Å². The van der Waals surface area contributed by atoms with E-state index >= 15 is 0 Å². The molecular formula is C25H23NO4. The zero-order valence-corrected chi connectivity index (χ0v) is 17.0. The number of carbonyl (C=O) groups excluding carboxylic acids is 1. The Bertz CT molecular complexity index is 1070. The first kappa shape index (κ1) is 19.7. The molecule has 1 aliphatic rings. The summed E-state index contributed by atoms with van der Waals surface area (Å²) in [5.74, 6) is 1.41. The van der Waals surface area contributed by atoms with Gasteiger partial charge in [0.05, 0.1) is 12.3 Å². The standard InChI is InChI=1S/C25H23NO4/c1-17-12-20(14-23-25(27)26-21-10-6-7-11-22(21)30-23)13-18(2)24(17)29-16-28-15-19-8-4-3-5-9-19/h3-14H,15-16H2,1-2H3,(H,26,27). The van der Waals surface area contributed by atoms with E-state index in [1.165, 1.54) is 0 Å². The van der Waals surface area contributed by atoms with Crippen LogP contribution >= 0.6 is 0 Å². The smallest absolute Gasteiger partial charge is 0.291 e. The summed E-state index contributed by atoms with van der Waals surface area (Å²) in [6, 6.07) is 21.3. The number of anilines is 1. The molecule has 30 heavy (non-hydrogen) atoms. The highest BCUT2D eigenvalue weighted by molar-refractivity contribution is 6.08. The van der Waals surface area contributed by atoms with E-state index in [2.05, 4.69) is 5.32 Å². The van der Waals surface area contributed by atoms with Crippen LogP contribution in [0.5, 0.6) is 11.5 Å². The molecule has 1 amide bonds. The number of amides is 1. The number of benzene rings is 3. The van der Waals surface area contributed by atoms with E-state index in [0.717, 1.165) is 28.0 Å². The van der Waals surface area contributed by atoms with Crippen molar-refractivity contribution in [3.8, 4) is 11.5 Å². The molecule has 4 rings (SSSR count). The van der Waals surface area contributed by atoms with E-state index in [-0.39, 0.29) is 18.5 Å². The van der Waals surface area contributed by atoms with Crippen molar-refractivity contribution in [3.63, 3.8) is 0 Å². The average Bonchev–Trinajstić information content (AvgIpc) is 2.74. The minimum atomic E-state index is -0.265. The SMILES string of the molecule is Cc1cc(C=C2Oc3ccccc3NC2=O)cc(C)c1OCOCc1ccccc1. The van der Waals surface area contributed by atoms with Crippen molar-refractivity contribution in [2.24, 2.45) is 0 Å². The van der Waals surface area contributed by atoms with Gasteiger partial charge in [-0.3, -0.25) is 4.79 Å². The number of carbonyl (C=O) groups is 1. The van der Waals surface area contributed by atoms with Gasteiger partial charge in [0.1, 0.15) is 5.75 Å². The van der Waals surface area contributed by atoms with Crippen LogP contribution in [0.15, 0.2) is 72.5 Å². The van der Waals surface area contributed by atoms with Crippen LogP contribution in [0.3, 0.4) is 0 Å². The first-order valence-electron chi connectivity index (χ1n) is 9.76. The van der Waals surface area contributed by atoms with E-state index in [9.17, 15) is 4.79 Å². The summed E-state index contributed by atoms with van der Waals surface area (Å²) in [5.41, 5.74) is 4.56. The Balaban J connectivity index is 1.43. The molecule has 0 atom stereocenters. The maximum absolute atomic E-state index is 12.3. The van der Waals surface area contributed by atoms with Gasteiger partial charge in [0.15, 0.2) is 18.3 Å². The van der Waals surface area contributed by atoms with Gasteiger partial charge in [-0.25, -0.2) is 0 Å². The lowest BCUT2D eigenvalue weighted by Crippen LogP contribution is -2.23. The third-order valence-electron chi connectivity index (χ3n) is 4.76. The molecule has 0 radical (unpaired) electrons. The number of fused-ring (bicyclic) bond motifs is 1. The maximum Gasteiger partial charge on any atom is 0.291 e. The van der Waals surface area contributed by atoms with Crippen molar-refractivity contribution in [3.05, 3.63) is 94.7 Å². The fraction of sp³-hybridized carbons (Fsp3) is 0.160. The molecule has 152 valence electrons. The van der Waals surface area contributed by atoms with Gasteiger partial charge in [-0.05, 0) is 66.4 Å². The van der Waals surface area contributed by atoms with Gasteiger partial charge in [0.2, 0.25) is 0 Å². The fourth-order valence-corrected chi connectivity index (χ4v) is 3.38. The number of nitrogens with one attached hydrogen (secondary N) is 1. The lowest BCUT2D eigenvalue weighted by Gasteiger charge is -2.20. The van der Waals surface area contributed by atoms with Crippen molar-refractivity contribution in [2.45, 2.75) is 20.5 Å². The molecule has 5 heteroatoms. The highest BCUT2D eigenvalue weighted by atomic mass is 16.7. The van der Waals surface area contributed by atoms with Gasteiger partial charge in [0, 0.05) is 0 Å². The largest absolute Gasteiger partial charge is 0.467 e. The summed E-state index contributed by atoms with van der Waals surface area (Å²) in [5, 5.41) is 2.85. The molecule has 1 heterocycles. The third kappa shape index (κ3) is 4.53. The van der Waals surface area contributed by atoms with Crippen molar-refractivity contribution < 1.29 is 19.0 Å². The lowest BCUT2D eigenvalue weighted by molar-refractivity contribution is -0.115. The molecule has 0 aliphatic carbocycles. The van der Waals surface area contributed by atoms with Crippen molar-refractivity contribution in [1.29, 1.82) is 0 Å². The van der Waals surface area contributed by atoms with Crippen LogP contribution in [-0.4, -0.2) is 12.7 Å². The van der Waals surface area contributed by atoms with E-state index in [0.29, 0.717) is 18.0 Å². The molecule has 0 saturated carbocycles. The van der Waals surface area contributed by atoms with Crippen molar-refractivity contribution in [2.75, 3.05) is 12.1 Å². The fourth-order valence-electron chi connectivity index (χ4n) is 3.38. The topological polar surface area (TPSA) is 56.8 Å². The van der Waals surface area contributed by atoms with Gasteiger partial charge in [-0.15, -0.1) is 0 Å². The lowest BCUT2D eigenvalue weighted by atomic mass is 10.0. The molecule has 0 saturated heterocycles. The molecule has 0 unspecified atom stereocenters. The molecule has 0 aromatic heterocycles. The monoisotopic (exact) mass is 401 g/mol. The predicted octanol–water partition coefficient (Wildman–Crippen LogP) is 5.23. The number of rotatable bonds is 6. The summed E-state index contributed by atoms with van der Waals surface area (Å²) in [6.45, 7) is 4.60. The van der Waals surface area contributed by atoms with Crippen molar-refractivity contribution in [1.82, 2.24) is 0 Å². The Morgan fingerprint density at radius 3 is 2.43 bits per heavy atom. The van der Waals surface area contributed by atoms with Crippen LogP contribution in [0.4, 0.5) is 5.69 Å². The summed E-state index contributed by atoms with van der Waals surface area (Å²) in [4.78, 5) is 12.3. The molecule has 0 spiro atoms. The number of aryl methyl sites for hydroxylation is 2. The van der Waals surface area contributed by atoms with Gasteiger partial charge in [-0.1, -0.05) is 42.5 Å². The molecule has 3 aromatic rings. The number of hydrogen-bond donors (Lipinski definition) is 1. The number of para-hydroxylation sites is 2. The van der Waals surface area contributed by atoms with E-state index in [1.807, 2.05) is 80.6 Å². The molecule has 1 aliphatic heterocycles. The predicted molar refractivity (Wildman–Crippen MR) is 116 cm³/mol. The van der Waals surface area contributed by atoms with Crippen molar-refractivity contribution >= 4 is 17.7 Å². The Kier molecular flexibility index (Phi) is 5.82. The molecule has 3 aromatic carbocycles. The molecule has 1 N–H and O–H groups in total. The zero-order chi connectivity index (χ0) is 20.9. The summed E-state index contributed by atoms with van der Waals surface area (Å²) < 4.78 is 17.3. The number of hydrogen-bond acceptors (Lipinski definition) is 4. The Morgan fingerprint density at radius 1 is 0.967 bits per heavy atom. The van der Waals surface area contributed by atoms with Crippen LogP contribution in [0, 0.1) is 13.8 Å². The van der Waals surface area contributed by atoms with E-state index in [4.69, 9.17) is 14.2 Å². The second kappa shape index (κ2) is 8.84. The van der Waals surface area contributed by atoms with Crippen LogP contribution in [-0.2, 0) is 16.1 Å². The Hall–Kier alpha value is -3.57. The highest BCUT2D eigenvalue weighted by Crippen LogP contribution is 2.32. The first-order valence-corrected chi connectivity index (χ1v) is 9.76.